The number of carbonyl (C=O) groups excluding carboxylic acids is 3. The molecular weight excluding hydrogens is 506 g/mol. The van der Waals surface area contributed by atoms with E-state index in [4.69, 9.17) is 9.47 Å². The van der Waals surface area contributed by atoms with Crippen LogP contribution in [0.2, 0.25) is 0 Å². The van der Waals surface area contributed by atoms with Crippen molar-refractivity contribution in [1.29, 1.82) is 0 Å². The van der Waals surface area contributed by atoms with E-state index in [9.17, 15) is 19.5 Å². The van der Waals surface area contributed by atoms with E-state index in [-0.39, 0.29) is 42.2 Å². The van der Waals surface area contributed by atoms with E-state index < -0.39 is 28.7 Å². The fourth-order valence-electron chi connectivity index (χ4n) is 6.66. The van der Waals surface area contributed by atoms with Gasteiger partial charge in [0, 0.05) is 38.0 Å². The van der Waals surface area contributed by atoms with Crippen molar-refractivity contribution < 1.29 is 29.0 Å². The third-order valence-electron chi connectivity index (χ3n) is 8.58. The fraction of sp³-hybridized carbons (Fsp3) is 0.750. The number of ether oxygens (including phenoxy) is 2. The normalized spacial score (nSPS) is 31.4. The first-order chi connectivity index (χ1) is 18.3. The molecule has 0 aromatic rings. The van der Waals surface area contributed by atoms with Crippen LogP contribution in [0.4, 0.5) is 0 Å². The largest absolute Gasteiger partial charge is 0.465 e. The lowest BCUT2D eigenvalue weighted by molar-refractivity contribution is -0.154. The SMILES string of the molecule is C=CCCOC(=O)[C@@H]1[C@@H]2CCC3(S2)C(C(=O)N(CC=C)CCN2CCOCC2)N([C@@H](CO)C(C)C)C(=O)[C@H]13. The van der Waals surface area contributed by atoms with E-state index in [1.165, 1.54) is 0 Å². The molecule has 4 fully saturated rings. The number of nitrogens with zero attached hydrogens (tertiary/aromatic N) is 3. The topological polar surface area (TPSA) is 99.6 Å². The average Bonchev–Trinajstić information content (AvgIpc) is 3.55. The van der Waals surface area contributed by atoms with E-state index >= 15 is 0 Å². The van der Waals surface area contributed by atoms with Crippen LogP contribution in [0.25, 0.3) is 0 Å². The van der Waals surface area contributed by atoms with Crippen LogP contribution in [0.3, 0.4) is 0 Å². The van der Waals surface area contributed by atoms with Crippen LogP contribution in [-0.4, -0.2) is 119 Å². The molecule has 4 aliphatic heterocycles. The fourth-order valence-corrected chi connectivity index (χ4v) is 8.85. The number of carbonyl (C=O) groups is 3. The van der Waals surface area contributed by atoms with Gasteiger partial charge in [0.05, 0.1) is 49.1 Å². The quantitative estimate of drug-likeness (QED) is 0.210. The number of hydrogen-bond acceptors (Lipinski definition) is 8. The van der Waals surface area contributed by atoms with Gasteiger partial charge in [-0.3, -0.25) is 19.3 Å². The Hall–Kier alpha value is -1.88. The number of morpholine rings is 1. The zero-order valence-corrected chi connectivity index (χ0v) is 23.6. The highest BCUT2D eigenvalue weighted by Gasteiger charge is 2.74. The number of esters is 1. The summed E-state index contributed by atoms with van der Waals surface area (Å²) in [7, 11) is 0. The lowest BCUT2D eigenvalue weighted by Crippen LogP contribution is -2.59. The summed E-state index contributed by atoms with van der Waals surface area (Å²) in [4.78, 5) is 47.6. The molecule has 4 rings (SSSR count). The smallest absolute Gasteiger partial charge is 0.310 e. The van der Waals surface area contributed by atoms with Gasteiger partial charge in [0.2, 0.25) is 11.8 Å². The number of rotatable bonds is 13. The Labute approximate surface area is 230 Å². The Morgan fingerprint density at radius 3 is 2.66 bits per heavy atom. The molecule has 0 radical (unpaired) electrons. The minimum atomic E-state index is -0.745. The number of aliphatic hydroxyl groups excluding tert-OH is 1. The van der Waals surface area contributed by atoms with E-state index in [0.717, 1.165) is 19.5 Å². The summed E-state index contributed by atoms with van der Waals surface area (Å²) < 4.78 is 10.3. The Bertz CT molecular complexity index is 909. The van der Waals surface area contributed by atoms with Gasteiger partial charge >= 0.3 is 5.97 Å². The second-order valence-corrected chi connectivity index (χ2v) is 12.7. The van der Waals surface area contributed by atoms with E-state index in [0.29, 0.717) is 45.7 Å². The summed E-state index contributed by atoms with van der Waals surface area (Å²) >= 11 is 1.62. The van der Waals surface area contributed by atoms with Crippen LogP contribution < -0.4 is 0 Å². The van der Waals surface area contributed by atoms with Gasteiger partial charge in [-0.15, -0.1) is 24.9 Å². The number of likely N-dealkylation sites (tertiary alicyclic amines) is 1. The first-order valence-corrected chi connectivity index (χ1v) is 14.8. The molecule has 4 saturated heterocycles. The zero-order chi connectivity index (χ0) is 27.4. The molecule has 1 N–H and O–H groups in total. The highest BCUT2D eigenvalue weighted by atomic mass is 32.2. The highest BCUT2D eigenvalue weighted by molar-refractivity contribution is 8.02. The lowest BCUT2D eigenvalue weighted by atomic mass is 9.71. The number of hydrogen-bond donors (Lipinski definition) is 1. The Morgan fingerprint density at radius 1 is 1.29 bits per heavy atom. The maximum atomic E-state index is 14.4. The van der Waals surface area contributed by atoms with Crippen molar-refractivity contribution in [2.24, 2.45) is 17.8 Å². The second kappa shape index (κ2) is 12.5. The maximum absolute atomic E-state index is 14.4. The minimum Gasteiger partial charge on any atom is -0.465 e. The summed E-state index contributed by atoms with van der Waals surface area (Å²) in [5.41, 5.74) is 0. The van der Waals surface area contributed by atoms with Crippen LogP contribution in [0.5, 0.6) is 0 Å². The van der Waals surface area contributed by atoms with E-state index in [1.807, 2.05) is 13.8 Å². The molecule has 0 saturated carbocycles. The molecule has 2 amide bonds. The van der Waals surface area contributed by atoms with Crippen molar-refractivity contribution in [2.45, 2.75) is 55.2 Å². The summed E-state index contributed by atoms with van der Waals surface area (Å²) in [5, 5.41) is 10.3. The zero-order valence-electron chi connectivity index (χ0n) is 22.8. The van der Waals surface area contributed by atoms with Crippen molar-refractivity contribution in [3.8, 4) is 0 Å². The van der Waals surface area contributed by atoms with Gasteiger partial charge < -0.3 is 24.4 Å². The molecule has 0 aromatic heterocycles. The van der Waals surface area contributed by atoms with Gasteiger partial charge in [-0.25, -0.2) is 0 Å². The van der Waals surface area contributed by atoms with Crippen LogP contribution in [0, 0.1) is 17.8 Å². The Balaban J connectivity index is 1.65. The van der Waals surface area contributed by atoms with Crippen molar-refractivity contribution >= 4 is 29.5 Å². The molecule has 212 valence electrons. The molecule has 4 heterocycles. The van der Waals surface area contributed by atoms with E-state index in [1.54, 1.807) is 33.7 Å². The van der Waals surface area contributed by atoms with Crippen LogP contribution >= 0.6 is 11.8 Å². The molecule has 4 aliphatic rings. The van der Waals surface area contributed by atoms with Crippen LogP contribution in [0.1, 0.15) is 33.1 Å². The molecule has 0 aliphatic carbocycles. The minimum absolute atomic E-state index is 0.0505. The maximum Gasteiger partial charge on any atom is 0.310 e. The molecule has 2 unspecified atom stereocenters. The summed E-state index contributed by atoms with van der Waals surface area (Å²) in [5.74, 6) is -1.97. The molecule has 10 heteroatoms. The number of thioether (sulfide) groups is 1. The molecule has 1 spiro atoms. The first-order valence-electron chi connectivity index (χ1n) is 13.9. The molecule has 2 bridgehead atoms. The van der Waals surface area contributed by atoms with Gasteiger partial charge in [-0.1, -0.05) is 26.0 Å². The summed E-state index contributed by atoms with van der Waals surface area (Å²) in [6.45, 7) is 16.0. The predicted octanol–water partition coefficient (Wildman–Crippen LogP) is 1.56. The van der Waals surface area contributed by atoms with Gasteiger partial charge in [0.1, 0.15) is 6.04 Å². The van der Waals surface area contributed by atoms with Gasteiger partial charge in [0.25, 0.3) is 0 Å². The Kier molecular flexibility index (Phi) is 9.60. The Morgan fingerprint density at radius 2 is 2.03 bits per heavy atom. The molecular formula is C28H43N3O6S. The monoisotopic (exact) mass is 549 g/mol. The third kappa shape index (κ3) is 5.29. The average molecular weight is 550 g/mol. The number of aliphatic hydroxyl groups is 1. The van der Waals surface area contributed by atoms with Gasteiger partial charge in [-0.2, -0.15) is 0 Å². The molecule has 9 nitrogen and oxygen atoms in total. The third-order valence-corrected chi connectivity index (χ3v) is 10.5. The van der Waals surface area contributed by atoms with E-state index in [2.05, 4.69) is 18.1 Å². The standard InChI is InChI=1S/C28H43N3O6S/c1-5-7-15-37-27(35)22-21-8-9-28(38-21)23(22)25(33)31(20(18-32)19(3)4)24(28)26(34)30(10-6-2)12-11-29-13-16-36-17-14-29/h5-6,19-24,32H,1-2,7-18H2,3-4H3/t20-,21-,22+,23-,24?,28?/m0/s1. The summed E-state index contributed by atoms with van der Waals surface area (Å²) in [6.07, 6.45) is 5.41. The number of fused-ring (bicyclic) bond motifs is 1. The highest BCUT2D eigenvalue weighted by Crippen LogP contribution is 2.67. The molecule has 0 aromatic carbocycles. The number of amides is 2. The van der Waals surface area contributed by atoms with Crippen molar-refractivity contribution in [2.75, 3.05) is 59.2 Å². The first kappa shape index (κ1) is 29.1. The second-order valence-electron chi connectivity index (χ2n) is 11.1. The van der Waals surface area contributed by atoms with Gasteiger partial charge in [-0.05, 0) is 25.2 Å². The van der Waals surface area contributed by atoms with Crippen molar-refractivity contribution in [1.82, 2.24) is 14.7 Å². The summed E-state index contributed by atoms with van der Waals surface area (Å²) in [6, 6.07) is -1.26. The predicted molar refractivity (Wildman–Crippen MR) is 146 cm³/mol. The molecule has 38 heavy (non-hydrogen) atoms. The van der Waals surface area contributed by atoms with Crippen molar-refractivity contribution in [3.05, 3.63) is 25.3 Å². The van der Waals surface area contributed by atoms with Crippen LogP contribution in [-0.2, 0) is 23.9 Å². The van der Waals surface area contributed by atoms with Gasteiger partial charge in [0.15, 0.2) is 0 Å². The lowest BCUT2D eigenvalue weighted by Gasteiger charge is -2.41. The molecule has 6 atom stereocenters. The van der Waals surface area contributed by atoms with Crippen LogP contribution in [0.15, 0.2) is 25.3 Å². The van der Waals surface area contributed by atoms with Crippen molar-refractivity contribution in [3.63, 3.8) is 0 Å².